The van der Waals surface area contributed by atoms with E-state index in [2.05, 4.69) is 5.32 Å². The molecular weight excluding hydrogens is 334 g/mol. The van der Waals surface area contributed by atoms with Crippen molar-refractivity contribution in [3.05, 3.63) is 73.6 Å². The molecule has 7 nitrogen and oxygen atoms in total. The van der Waals surface area contributed by atoms with E-state index in [0.717, 1.165) is 16.6 Å². The Balaban J connectivity index is 2.08. The number of hydrogen-bond donors (Lipinski definition) is 1. The van der Waals surface area contributed by atoms with Crippen molar-refractivity contribution in [2.45, 2.75) is 25.8 Å². The first-order valence-corrected chi connectivity index (χ1v) is 8.60. The molecule has 0 unspecified atom stereocenters. The van der Waals surface area contributed by atoms with Gasteiger partial charge in [-0.2, -0.15) is 0 Å². The maximum atomic E-state index is 13.0. The largest absolute Gasteiger partial charge is 0.456 e. The molecule has 0 spiro atoms. The van der Waals surface area contributed by atoms with Crippen LogP contribution in [0.1, 0.15) is 30.4 Å². The van der Waals surface area contributed by atoms with Crippen molar-refractivity contribution < 1.29 is 9.53 Å². The first kappa shape index (κ1) is 16.4. The Morgan fingerprint density at radius 2 is 1.92 bits per heavy atom. The van der Waals surface area contributed by atoms with Crippen LogP contribution in [0, 0.1) is 0 Å². The van der Waals surface area contributed by atoms with Crippen molar-refractivity contribution >= 4 is 11.8 Å². The number of rotatable bonds is 3. The molecule has 0 radical (unpaired) electrons. The Morgan fingerprint density at radius 3 is 2.62 bits per heavy atom. The number of fused-ring (bicyclic) bond motifs is 1. The van der Waals surface area contributed by atoms with Crippen LogP contribution in [0.15, 0.2) is 51.2 Å². The Labute approximate surface area is 149 Å². The van der Waals surface area contributed by atoms with Crippen molar-refractivity contribution in [2.24, 2.45) is 7.05 Å². The quantitative estimate of drug-likeness (QED) is 0.842. The molecule has 0 aliphatic carbocycles. The number of carbonyl (C=O) groups excluding carboxylic acids is 1. The molecule has 1 aromatic heterocycles. The summed E-state index contributed by atoms with van der Waals surface area (Å²) in [6.07, 6.45) is 0.740. The second kappa shape index (κ2) is 6.01. The summed E-state index contributed by atoms with van der Waals surface area (Å²) in [4.78, 5) is 38.0. The van der Waals surface area contributed by atoms with E-state index >= 15 is 0 Å². The van der Waals surface area contributed by atoms with Gasteiger partial charge in [-0.15, -0.1) is 0 Å². The summed E-state index contributed by atoms with van der Waals surface area (Å²) in [5, 5.41) is 3.13. The lowest BCUT2D eigenvalue weighted by Gasteiger charge is -2.29. The van der Waals surface area contributed by atoms with Gasteiger partial charge >= 0.3 is 11.7 Å². The molecule has 2 aromatic rings. The minimum absolute atomic E-state index is 0.118. The van der Waals surface area contributed by atoms with Gasteiger partial charge in [0.15, 0.2) is 0 Å². The van der Waals surface area contributed by atoms with E-state index in [1.165, 1.54) is 7.05 Å². The molecule has 0 fully saturated rings. The number of carbonyl (C=O) groups is 1. The number of aromatic nitrogens is 2. The number of esters is 1. The Hall–Kier alpha value is -3.09. The van der Waals surface area contributed by atoms with Crippen LogP contribution in [0.25, 0.3) is 0 Å². The van der Waals surface area contributed by atoms with Crippen LogP contribution in [0.2, 0.25) is 0 Å². The maximum absolute atomic E-state index is 13.0. The summed E-state index contributed by atoms with van der Waals surface area (Å²) in [5.74, 6) is -0.520. The third-order valence-electron chi connectivity index (χ3n) is 4.90. The summed E-state index contributed by atoms with van der Waals surface area (Å²) in [7, 11) is 1.47. The lowest BCUT2D eigenvalue weighted by molar-refractivity contribution is -0.136. The molecular formula is C19H19N3O4. The van der Waals surface area contributed by atoms with Gasteiger partial charge in [-0.1, -0.05) is 37.3 Å². The van der Waals surface area contributed by atoms with Gasteiger partial charge in [0.25, 0.3) is 5.56 Å². The highest BCUT2D eigenvalue weighted by atomic mass is 16.5. The number of cyclic esters (lactones) is 1. The molecule has 4 rings (SSSR count). The third-order valence-corrected chi connectivity index (χ3v) is 4.90. The molecule has 0 saturated heterocycles. The second-order valence-electron chi connectivity index (χ2n) is 6.50. The maximum Gasteiger partial charge on any atom is 0.337 e. The number of nitrogens with zero attached hydrogens (tertiary/aromatic N) is 2. The summed E-state index contributed by atoms with van der Waals surface area (Å²) in [5.41, 5.74) is 1.52. The van der Waals surface area contributed by atoms with E-state index in [-0.39, 0.29) is 12.3 Å². The second-order valence-corrected chi connectivity index (χ2v) is 6.50. The molecule has 3 heterocycles. The number of hydrogen-bond acceptors (Lipinski definition) is 5. The fourth-order valence-electron chi connectivity index (χ4n) is 3.70. The minimum Gasteiger partial charge on any atom is -0.456 e. The van der Waals surface area contributed by atoms with E-state index in [0.29, 0.717) is 29.2 Å². The van der Waals surface area contributed by atoms with Crippen molar-refractivity contribution in [3.8, 4) is 0 Å². The molecule has 1 aromatic carbocycles. The normalized spacial score (nSPS) is 18.2. The lowest BCUT2D eigenvalue weighted by Crippen LogP contribution is -2.44. The summed E-state index contributed by atoms with van der Waals surface area (Å²) >= 11 is 0. The minimum atomic E-state index is -0.556. The van der Waals surface area contributed by atoms with Gasteiger partial charge in [-0.25, -0.2) is 9.59 Å². The fourth-order valence-corrected chi connectivity index (χ4v) is 3.70. The highest BCUT2D eigenvalue weighted by Crippen LogP contribution is 2.42. The van der Waals surface area contributed by atoms with Crippen LogP contribution in [0.5, 0.6) is 0 Å². The van der Waals surface area contributed by atoms with E-state index in [4.69, 9.17) is 4.74 Å². The van der Waals surface area contributed by atoms with Gasteiger partial charge in [0.05, 0.1) is 22.8 Å². The molecule has 7 heteroatoms. The summed E-state index contributed by atoms with van der Waals surface area (Å²) in [6, 6.07) is 9.37. The van der Waals surface area contributed by atoms with Gasteiger partial charge < -0.3 is 10.1 Å². The molecule has 0 amide bonds. The van der Waals surface area contributed by atoms with E-state index < -0.39 is 17.4 Å². The Kier molecular flexibility index (Phi) is 3.79. The van der Waals surface area contributed by atoms with Crippen molar-refractivity contribution in [1.82, 2.24) is 9.13 Å². The number of benzene rings is 1. The van der Waals surface area contributed by atoms with Gasteiger partial charge in [0.1, 0.15) is 12.4 Å². The Bertz CT molecular complexity index is 1050. The lowest BCUT2D eigenvalue weighted by atomic mass is 9.83. The number of nitrogens with one attached hydrogen (secondary N) is 1. The topological polar surface area (TPSA) is 82.3 Å². The molecule has 2 aliphatic rings. The third kappa shape index (κ3) is 2.23. The van der Waals surface area contributed by atoms with Crippen molar-refractivity contribution in [1.29, 1.82) is 0 Å². The molecule has 0 bridgehead atoms. The highest BCUT2D eigenvalue weighted by Gasteiger charge is 2.41. The highest BCUT2D eigenvalue weighted by molar-refractivity contribution is 5.96. The molecule has 1 N–H and O–H groups in total. The van der Waals surface area contributed by atoms with E-state index in [1.54, 1.807) is 4.57 Å². The van der Waals surface area contributed by atoms with Crippen LogP contribution in [-0.4, -0.2) is 21.7 Å². The predicted molar refractivity (Wildman–Crippen MR) is 96.1 cm³/mol. The number of ether oxygens (including phenoxy) is 1. The van der Waals surface area contributed by atoms with Crippen LogP contribution in [0.4, 0.5) is 5.82 Å². The van der Waals surface area contributed by atoms with Crippen molar-refractivity contribution in [3.63, 3.8) is 0 Å². The monoisotopic (exact) mass is 353 g/mol. The summed E-state index contributed by atoms with van der Waals surface area (Å²) < 4.78 is 7.89. The van der Waals surface area contributed by atoms with Crippen LogP contribution in [0.3, 0.4) is 0 Å². The zero-order chi connectivity index (χ0) is 18.4. The van der Waals surface area contributed by atoms with Crippen LogP contribution < -0.4 is 16.6 Å². The van der Waals surface area contributed by atoms with Crippen molar-refractivity contribution in [2.75, 3.05) is 11.9 Å². The fraction of sp³-hybridized carbons (Fsp3) is 0.316. The smallest absolute Gasteiger partial charge is 0.337 e. The van der Waals surface area contributed by atoms with Gasteiger partial charge in [-0.05, 0) is 12.0 Å². The van der Waals surface area contributed by atoms with Crippen LogP contribution in [-0.2, 0) is 23.1 Å². The summed E-state index contributed by atoms with van der Waals surface area (Å²) in [6.45, 7) is 2.56. The zero-order valence-electron chi connectivity index (χ0n) is 14.6. The van der Waals surface area contributed by atoms with Gasteiger partial charge in [0, 0.05) is 13.6 Å². The van der Waals surface area contributed by atoms with Crippen LogP contribution >= 0.6 is 0 Å². The van der Waals surface area contributed by atoms with E-state index in [1.807, 2.05) is 37.3 Å². The standard InChI is InChI=1S/C19H19N3O4/c1-3-9-22-16-15(17(23)21(2)19(22)25)13(11-7-5-4-6-8-11)14-12(20-16)10-26-18(14)24/h4-8,13,20H,3,9-10H2,1-2H3/t13-/m0/s1. The average Bonchev–Trinajstić information content (AvgIpc) is 3.03. The van der Waals surface area contributed by atoms with E-state index in [9.17, 15) is 14.4 Å². The van der Waals surface area contributed by atoms with Gasteiger partial charge in [-0.3, -0.25) is 13.9 Å². The first-order chi connectivity index (χ1) is 12.5. The van der Waals surface area contributed by atoms with Gasteiger partial charge in [0.2, 0.25) is 0 Å². The Morgan fingerprint density at radius 1 is 1.19 bits per heavy atom. The molecule has 26 heavy (non-hydrogen) atoms. The average molecular weight is 353 g/mol. The first-order valence-electron chi connectivity index (χ1n) is 8.60. The predicted octanol–water partition coefficient (Wildman–Crippen LogP) is 1.33. The number of anilines is 1. The molecule has 0 saturated carbocycles. The zero-order valence-corrected chi connectivity index (χ0v) is 14.6. The molecule has 2 aliphatic heterocycles. The molecule has 134 valence electrons. The SMILES string of the molecule is CCCn1c2c(c(=O)n(C)c1=O)[C@@H](c1ccccc1)C1=C(COC1=O)N2. The molecule has 1 atom stereocenters.